The van der Waals surface area contributed by atoms with Gasteiger partial charge in [-0.1, -0.05) is 30.2 Å². The van der Waals surface area contributed by atoms with Crippen molar-refractivity contribution >= 4 is 17.5 Å². The molecule has 19 heavy (non-hydrogen) atoms. The van der Waals surface area contributed by atoms with Crippen molar-refractivity contribution in [2.75, 3.05) is 18.0 Å². The highest BCUT2D eigenvalue weighted by Gasteiger charge is 2.27. The van der Waals surface area contributed by atoms with Crippen LogP contribution in [0.3, 0.4) is 0 Å². The maximum absolute atomic E-state index is 6.36. The predicted molar refractivity (Wildman–Crippen MR) is 74.8 cm³/mol. The summed E-state index contributed by atoms with van der Waals surface area (Å²) in [5, 5.41) is 12.2. The molecule has 0 aliphatic carbocycles. The van der Waals surface area contributed by atoms with Crippen LogP contribution < -0.4 is 4.90 Å². The molecule has 0 bridgehead atoms. The third-order valence-electron chi connectivity index (χ3n) is 3.60. The van der Waals surface area contributed by atoms with Crippen molar-refractivity contribution < 1.29 is 0 Å². The zero-order chi connectivity index (χ0) is 13.2. The van der Waals surface area contributed by atoms with Crippen molar-refractivity contribution in [3.05, 3.63) is 30.3 Å². The number of piperidine rings is 1. The van der Waals surface area contributed by atoms with E-state index < -0.39 is 0 Å². The summed E-state index contributed by atoms with van der Waals surface area (Å²) in [6, 6.07) is 9.91. The largest absolute Gasteiger partial charge is 0.338 e. The summed E-state index contributed by atoms with van der Waals surface area (Å²) in [7, 11) is 0. The lowest BCUT2D eigenvalue weighted by molar-refractivity contribution is 0.440. The Kier molecular flexibility index (Phi) is 3.38. The molecule has 2 aromatic rings. The summed E-state index contributed by atoms with van der Waals surface area (Å²) >= 11 is 6.36. The van der Waals surface area contributed by atoms with Crippen LogP contribution >= 0.6 is 11.6 Å². The molecule has 1 aliphatic heterocycles. The van der Waals surface area contributed by atoms with Gasteiger partial charge < -0.3 is 4.90 Å². The maximum Gasteiger partial charge on any atom is 0.250 e. The van der Waals surface area contributed by atoms with Crippen molar-refractivity contribution in [1.82, 2.24) is 20.2 Å². The Bertz CT molecular complexity index is 541. The molecule has 6 heteroatoms. The quantitative estimate of drug-likeness (QED) is 0.789. The summed E-state index contributed by atoms with van der Waals surface area (Å²) in [6.45, 7) is 3.92. The number of alkyl halides is 1. The normalized spacial score (nSPS) is 23.6. The fourth-order valence-corrected chi connectivity index (χ4v) is 2.61. The first-order chi connectivity index (χ1) is 9.25. The Morgan fingerprint density at radius 2 is 2.05 bits per heavy atom. The second kappa shape index (κ2) is 5.17. The lowest BCUT2D eigenvalue weighted by atomic mass is 9.99. The van der Waals surface area contributed by atoms with Gasteiger partial charge in [-0.25, -0.2) is 0 Å². The van der Waals surface area contributed by atoms with E-state index in [4.69, 9.17) is 11.6 Å². The Labute approximate surface area is 117 Å². The van der Waals surface area contributed by atoms with Crippen LogP contribution in [0.25, 0.3) is 5.69 Å². The van der Waals surface area contributed by atoms with Gasteiger partial charge in [0.2, 0.25) is 5.95 Å². The molecule has 1 saturated heterocycles. The van der Waals surface area contributed by atoms with Crippen molar-refractivity contribution in [1.29, 1.82) is 0 Å². The van der Waals surface area contributed by atoms with E-state index in [-0.39, 0.29) is 5.38 Å². The first-order valence-corrected chi connectivity index (χ1v) is 6.92. The second-order valence-corrected chi connectivity index (χ2v) is 5.51. The van der Waals surface area contributed by atoms with Crippen LogP contribution in [-0.2, 0) is 0 Å². The number of tetrazole rings is 1. The monoisotopic (exact) mass is 277 g/mol. The molecule has 2 unspecified atom stereocenters. The topological polar surface area (TPSA) is 46.8 Å². The van der Waals surface area contributed by atoms with Gasteiger partial charge in [0.05, 0.1) is 11.1 Å². The number of para-hydroxylation sites is 1. The van der Waals surface area contributed by atoms with E-state index in [9.17, 15) is 0 Å². The summed E-state index contributed by atoms with van der Waals surface area (Å²) in [4.78, 5) is 2.16. The number of hydrogen-bond donors (Lipinski definition) is 0. The van der Waals surface area contributed by atoms with E-state index in [0.717, 1.165) is 31.1 Å². The summed E-state index contributed by atoms with van der Waals surface area (Å²) < 4.78 is 1.76. The van der Waals surface area contributed by atoms with Crippen LogP contribution in [0, 0.1) is 5.92 Å². The molecule has 2 atom stereocenters. The number of nitrogens with zero attached hydrogens (tertiary/aromatic N) is 5. The lowest BCUT2D eigenvalue weighted by Gasteiger charge is -2.33. The van der Waals surface area contributed by atoms with E-state index in [1.54, 1.807) is 4.68 Å². The number of halogens is 1. The average Bonchev–Trinajstić information content (AvgIpc) is 2.92. The molecule has 0 radical (unpaired) electrons. The Morgan fingerprint density at radius 3 is 2.79 bits per heavy atom. The van der Waals surface area contributed by atoms with E-state index in [2.05, 4.69) is 27.3 Å². The highest BCUT2D eigenvalue weighted by Crippen LogP contribution is 2.25. The van der Waals surface area contributed by atoms with Crippen LogP contribution in [0.5, 0.6) is 0 Å². The third kappa shape index (κ3) is 2.42. The molecule has 0 N–H and O–H groups in total. The molecule has 1 fully saturated rings. The Balaban J connectivity index is 1.89. The van der Waals surface area contributed by atoms with E-state index >= 15 is 0 Å². The summed E-state index contributed by atoms with van der Waals surface area (Å²) in [6.07, 6.45) is 1.07. The molecule has 1 aliphatic rings. The van der Waals surface area contributed by atoms with Gasteiger partial charge in [0, 0.05) is 13.1 Å². The highest BCUT2D eigenvalue weighted by atomic mass is 35.5. The van der Waals surface area contributed by atoms with Crippen LogP contribution in [0.15, 0.2) is 30.3 Å². The van der Waals surface area contributed by atoms with Crippen LogP contribution in [0.2, 0.25) is 0 Å². The van der Waals surface area contributed by atoms with Crippen LogP contribution in [0.4, 0.5) is 5.95 Å². The molecule has 0 saturated carbocycles. The number of aromatic nitrogens is 4. The smallest absolute Gasteiger partial charge is 0.250 e. The minimum absolute atomic E-state index is 0.148. The summed E-state index contributed by atoms with van der Waals surface area (Å²) in [5.74, 6) is 1.31. The van der Waals surface area contributed by atoms with Gasteiger partial charge in [0.15, 0.2) is 0 Å². The Morgan fingerprint density at radius 1 is 1.26 bits per heavy atom. The standard InChI is InChI=1S/C13H16ClN5/c1-10-7-8-18(9-12(10)14)13-15-16-17-19(13)11-5-3-2-4-6-11/h2-6,10,12H,7-9H2,1H3. The van der Waals surface area contributed by atoms with E-state index in [1.807, 2.05) is 30.3 Å². The van der Waals surface area contributed by atoms with E-state index in [1.165, 1.54) is 0 Å². The van der Waals surface area contributed by atoms with Gasteiger partial charge in [0.25, 0.3) is 0 Å². The number of benzene rings is 1. The maximum atomic E-state index is 6.36. The molecule has 0 spiro atoms. The number of hydrogen-bond acceptors (Lipinski definition) is 4. The molecular weight excluding hydrogens is 262 g/mol. The van der Waals surface area contributed by atoms with Crippen LogP contribution in [-0.4, -0.2) is 38.7 Å². The average molecular weight is 278 g/mol. The van der Waals surface area contributed by atoms with Gasteiger partial charge in [-0.15, -0.1) is 11.6 Å². The number of rotatable bonds is 2. The van der Waals surface area contributed by atoms with Gasteiger partial charge in [-0.2, -0.15) is 4.68 Å². The minimum atomic E-state index is 0.148. The SMILES string of the molecule is CC1CCN(c2nnnn2-c2ccccc2)CC1Cl. The van der Waals surface area contributed by atoms with Gasteiger partial charge in [-0.05, 0) is 34.9 Å². The van der Waals surface area contributed by atoms with E-state index in [0.29, 0.717) is 5.92 Å². The molecule has 5 nitrogen and oxygen atoms in total. The molecule has 0 amide bonds. The molecular formula is C13H16ClN5. The predicted octanol–water partition coefficient (Wildman–Crippen LogP) is 2.12. The zero-order valence-electron chi connectivity index (χ0n) is 10.8. The van der Waals surface area contributed by atoms with Crippen molar-refractivity contribution in [3.63, 3.8) is 0 Å². The summed E-state index contributed by atoms with van der Waals surface area (Å²) in [5.41, 5.74) is 0.965. The van der Waals surface area contributed by atoms with Gasteiger partial charge in [0.1, 0.15) is 0 Å². The first-order valence-electron chi connectivity index (χ1n) is 6.48. The zero-order valence-corrected chi connectivity index (χ0v) is 11.5. The minimum Gasteiger partial charge on any atom is -0.338 e. The van der Waals surface area contributed by atoms with Gasteiger partial charge >= 0.3 is 0 Å². The fourth-order valence-electron chi connectivity index (χ4n) is 2.32. The highest BCUT2D eigenvalue weighted by molar-refractivity contribution is 6.21. The second-order valence-electron chi connectivity index (χ2n) is 4.95. The van der Waals surface area contributed by atoms with Crippen molar-refractivity contribution in [2.24, 2.45) is 5.92 Å². The van der Waals surface area contributed by atoms with Crippen LogP contribution in [0.1, 0.15) is 13.3 Å². The molecule has 2 heterocycles. The van der Waals surface area contributed by atoms with Crippen molar-refractivity contribution in [2.45, 2.75) is 18.7 Å². The first kappa shape index (κ1) is 12.4. The molecule has 100 valence electrons. The molecule has 1 aromatic heterocycles. The Hall–Kier alpha value is -1.62. The van der Waals surface area contributed by atoms with Gasteiger partial charge in [-0.3, -0.25) is 0 Å². The molecule has 3 rings (SSSR count). The number of anilines is 1. The fraction of sp³-hybridized carbons (Fsp3) is 0.462. The van der Waals surface area contributed by atoms with Crippen molar-refractivity contribution in [3.8, 4) is 5.69 Å². The third-order valence-corrected chi connectivity index (χ3v) is 4.17. The molecule has 1 aromatic carbocycles. The lowest BCUT2D eigenvalue weighted by Crippen LogP contribution is -2.41.